The third-order valence-corrected chi connectivity index (χ3v) is 6.45. The number of carbonyl (C=O) groups excluding carboxylic acids is 1. The number of hydrogen-bond donors (Lipinski definition) is 1. The van der Waals surface area contributed by atoms with Gasteiger partial charge in [0.1, 0.15) is 6.10 Å². The Morgan fingerprint density at radius 1 is 0.900 bits per heavy atom. The van der Waals surface area contributed by atoms with Crippen molar-refractivity contribution in [3.63, 3.8) is 0 Å². The average molecular weight is 459 g/mol. The fourth-order valence-electron chi connectivity index (χ4n) is 3.53. The number of cyclic esters (lactones) is 1. The Hall–Kier alpha value is 0.580. The van der Waals surface area contributed by atoms with E-state index in [0.29, 0.717) is 6.61 Å². The molecule has 1 N–H and O–H groups in total. The van der Waals surface area contributed by atoms with Crippen LogP contribution in [0, 0.1) is 0 Å². The topological polar surface area (TPSA) is 82.1 Å². The van der Waals surface area contributed by atoms with Crippen LogP contribution in [0.4, 0.5) is 4.79 Å². The minimum Gasteiger partial charge on any atom is -1.00 e. The van der Waals surface area contributed by atoms with Crippen LogP contribution >= 0.6 is 7.60 Å². The summed E-state index contributed by atoms with van der Waals surface area (Å²) in [7, 11) is -4.21. The molecule has 1 fully saturated rings. The molecule has 0 aromatic carbocycles. The van der Waals surface area contributed by atoms with Gasteiger partial charge in [-0.1, -0.05) is 103 Å². The third kappa shape index (κ3) is 16.2. The minimum absolute atomic E-state index is 0. The van der Waals surface area contributed by atoms with Crippen LogP contribution in [0.25, 0.3) is 0 Å². The molecule has 0 amide bonds. The first-order chi connectivity index (χ1) is 14.1. The van der Waals surface area contributed by atoms with Gasteiger partial charge >= 0.3 is 42.9 Å². The van der Waals surface area contributed by atoms with Gasteiger partial charge in [0.05, 0.1) is 13.2 Å². The van der Waals surface area contributed by atoms with Crippen LogP contribution in [0.15, 0.2) is 0 Å². The number of carbonyl (C=O) groups is 1. The van der Waals surface area contributed by atoms with E-state index in [9.17, 15) is 9.36 Å². The van der Waals surface area contributed by atoms with Gasteiger partial charge in [-0.25, -0.2) is 9.36 Å². The Labute approximate surface area is 207 Å². The first-order valence-corrected chi connectivity index (χ1v) is 13.4. The van der Waals surface area contributed by atoms with Crippen molar-refractivity contribution in [2.24, 2.45) is 0 Å². The number of ether oxygens (including phenoxy) is 2. The minimum atomic E-state index is -4.21. The number of rotatable bonds is 19. The van der Waals surface area contributed by atoms with Crippen molar-refractivity contribution < 1.29 is 59.2 Å². The van der Waals surface area contributed by atoms with Crippen molar-refractivity contribution in [2.75, 3.05) is 19.8 Å². The van der Waals surface area contributed by atoms with Gasteiger partial charge < -0.3 is 15.8 Å². The van der Waals surface area contributed by atoms with E-state index >= 15 is 0 Å². The van der Waals surface area contributed by atoms with Crippen LogP contribution in [-0.4, -0.2) is 36.5 Å². The monoisotopic (exact) mass is 458 g/mol. The molecule has 1 saturated heterocycles. The molecule has 1 rings (SSSR count). The molecule has 30 heavy (non-hydrogen) atoms. The standard InChI is InChI=1S/C22H43O6P.Na.H/c1-2-3-4-5-6-7-8-9-10-11-12-13-14-15-16-17-18-26-19-21-20-27-29(24,25)22(23)28-21;;/h21H,2-20H2,1H3,(H,24,25);;/q;+1;-1. The van der Waals surface area contributed by atoms with Gasteiger partial charge in [-0.05, 0) is 6.42 Å². The molecule has 1 heterocycles. The molecule has 1 aliphatic rings. The van der Waals surface area contributed by atoms with E-state index in [1.54, 1.807) is 0 Å². The summed E-state index contributed by atoms with van der Waals surface area (Å²) in [5.41, 5.74) is -1.18. The van der Waals surface area contributed by atoms with Crippen molar-refractivity contribution in [1.82, 2.24) is 0 Å². The molecule has 0 bridgehead atoms. The van der Waals surface area contributed by atoms with Crippen molar-refractivity contribution in [3.05, 3.63) is 0 Å². The van der Waals surface area contributed by atoms with Crippen molar-refractivity contribution in [2.45, 2.75) is 116 Å². The molecule has 2 atom stereocenters. The molecule has 174 valence electrons. The van der Waals surface area contributed by atoms with Gasteiger partial charge in [0.2, 0.25) is 0 Å². The second-order valence-electron chi connectivity index (χ2n) is 8.20. The summed E-state index contributed by atoms with van der Waals surface area (Å²) in [6.07, 6.45) is 20.8. The van der Waals surface area contributed by atoms with E-state index in [1.165, 1.54) is 89.9 Å². The van der Waals surface area contributed by atoms with E-state index in [1.807, 2.05) is 0 Å². The zero-order valence-corrected chi connectivity index (χ0v) is 22.3. The summed E-state index contributed by atoms with van der Waals surface area (Å²) >= 11 is 0. The van der Waals surface area contributed by atoms with Crippen LogP contribution in [0.3, 0.4) is 0 Å². The molecule has 0 aromatic rings. The Morgan fingerprint density at radius 3 is 1.77 bits per heavy atom. The zero-order valence-electron chi connectivity index (χ0n) is 20.4. The predicted octanol–water partition coefficient (Wildman–Crippen LogP) is 4.10. The molecule has 0 spiro atoms. The Kier molecular flexibility index (Phi) is 20.6. The van der Waals surface area contributed by atoms with Crippen molar-refractivity contribution >= 4 is 13.3 Å². The van der Waals surface area contributed by atoms with Gasteiger partial charge in [0, 0.05) is 6.61 Å². The zero-order chi connectivity index (χ0) is 21.2. The van der Waals surface area contributed by atoms with Crippen LogP contribution in [-0.2, 0) is 18.6 Å². The Bertz CT molecular complexity index is 469. The maximum Gasteiger partial charge on any atom is 1.00 e. The van der Waals surface area contributed by atoms with Gasteiger partial charge in [0.25, 0.3) is 0 Å². The molecule has 2 unspecified atom stereocenters. The maximum absolute atomic E-state index is 11.2. The first kappa shape index (κ1) is 30.6. The van der Waals surface area contributed by atoms with Crippen LogP contribution < -0.4 is 29.6 Å². The van der Waals surface area contributed by atoms with Crippen LogP contribution in [0.1, 0.15) is 111 Å². The second-order valence-corrected chi connectivity index (χ2v) is 9.86. The SMILES string of the molecule is CCCCCCCCCCCCCCCCCCOCC1COP(=O)(O)C(=O)O1.[H-].[Na+]. The maximum atomic E-state index is 11.2. The van der Waals surface area contributed by atoms with Gasteiger partial charge in [-0.2, -0.15) is 0 Å². The molecule has 1 aliphatic heterocycles. The smallest absolute Gasteiger partial charge is 1.00 e. The molecule has 0 saturated carbocycles. The Morgan fingerprint density at radius 2 is 1.33 bits per heavy atom. The first-order valence-electron chi connectivity index (χ1n) is 11.8. The third-order valence-electron chi connectivity index (χ3n) is 5.38. The van der Waals surface area contributed by atoms with Gasteiger partial charge in [-0.15, -0.1) is 0 Å². The quantitative estimate of drug-likeness (QED) is 0.178. The summed E-state index contributed by atoms with van der Waals surface area (Å²) < 4.78 is 26.1. The number of unbranched alkanes of at least 4 members (excludes halogenated alkanes) is 15. The Balaban J connectivity index is 0. The largest absolute Gasteiger partial charge is 1.00 e. The van der Waals surface area contributed by atoms with Crippen molar-refractivity contribution in [3.8, 4) is 0 Å². The normalized spacial score (nSPS) is 21.3. The van der Waals surface area contributed by atoms with Crippen LogP contribution in [0.5, 0.6) is 0 Å². The molecule has 0 aromatic heterocycles. The molecule has 8 heteroatoms. The molecular formula is C22H44NaO6P. The van der Waals surface area contributed by atoms with E-state index in [2.05, 4.69) is 11.4 Å². The molecular weight excluding hydrogens is 414 g/mol. The summed E-state index contributed by atoms with van der Waals surface area (Å²) in [5, 5.41) is 0. The average Bonchev–Trinajstić information content (AvgIpc) is 2.70. The van der Waals surface area contributed by atoms with E-state index in [0.717, 1.165) is 12.8 Å². The summed E-state index contributed by atoms with van der Waals surface area (Å²) in [6, 6.07) is 0. The van der Waals surface area contributed by atoms with E-state index in [4.69, 9.17) is 14.4 Å². The summed E-state index contributed by atoms with van der Waals surface area (Å²) in [6.45, 7) is 3.01. The fourth-order valence-corrected chi connectivity index (χ4v) is 4.29. The molecule has 0 radical (unpaired) electrons. The summed E-state index contributed by atoms with van der Waals surface area (Å²) in [5.74, 6) is 0. The molecule has 6 nitrogen and oxygen atoms in total. The van der Waals surface area contributed by atoms with Crippen LogP contribution in [0.2, 0.25) is 0 Å². The number of hydrogen-bond acceptors (Lipinski definition) is 5. The van der Waals surface area contributed by atoms with E-state index in [-0.39, 0.29) is 44.2 Å². The summed E-state index contributed by atoms with van der Waals surface area (Å²) in [4.78, 5) is 20.3. The molecule has 0 aliphatic carbocycles. The van der Waals surface area contributed by atoms with E-state index < -0.39 is 19.4 Å². The van der Waals surface area contributed by atoms with Gasteiger partial charge in [-0.3, -0.25) is 4.52 Å². The predicted molar refractivity (Wildman–Crippen MR) is 118 cm³/mol. The van der Waals surface area contributed by atoms with Crippen molar-refractivity contribution in [1.29, 1.82) is 0 Å². The van der Waals surface area contributed by atoms with Gasteiger partial charge in [0.15, 0.2) is 0 Å². The second kappa shape index (κ2) is 20.2. The fraction of sp³-hybridized carbons (Fsp3) is 0.955.